The normalized spacial score (nSPS) is 28.5. The molecule has 1 saturated heterocycles. The molecule has 2 heterocycles. The molecule has 1 aromatic carbocycles. The van der Waals surface area contributed by atoms with Crippen molar-refractivity contribution in [1.29, 1.82) is 5.26 Å². The Kier molecular flexibility index (Phi) is 3.37. The van der Waals surface area contributed by atoms with Crippen LogP contribution in [0.25, 0.3) is 0 Å². The number of rotatable bonds is 1. The van der Waals surface area contributed by atoms with Gasteiger partial charge in [0.05, 0.1) is 18.2 Å². The van der Waals surface area contributed by atoms with Crippen molar-refractivity contribution in [2.75, 3.05) is 20.2 Å². The number of piperidine rings is 1. The monoisotopic (exact) mass is 254 g/mol. The zero-order valence-electron chi connectivity index (χ0n) is 11.2. The molecule has 2 unspecified atom stereocenters. The lowest BCUT2D eigenvalue weighted by atomic mass is 9.82. The molecule has 0 saturated carbocycles. The second kappa shape index (κ2) is 5.16. The maximum absolute atomic E-state index is 8.93. The van der Waals surface area contributed by atoms with Crippen molar-refractivity contribution in [3.8, 4) is 6.07 Å². The Hall–Kier alpha value is -1.63. The van der Waals surface area contributed by atoms with Crippen molar-refractivity contribution in [3.63, 3.8) is 0 Å². The summed E-state index contributed by atoms with van der Waals surface area (Å²) >= 11 is 0. The molecule has 1 aromatic rings. The van der Waals surface area contributed by atoms with Crippen LogP contribution in [-0.4, -0.2) is 31.2 Å². The second-order valence-electron chi connectivity index (χ2n) is 5.18. The number of allylic oxidation sites excluding steroid dienone is 1. The summed E-state index contributed by atoms with van der Waals surface area (Å²) in [6.07, 6.45) is 3.73. The molecule has 2 aliphatic rings. The van der Waals surface area contributed by atoms with Gasteiger partial charge in [0.2, 0.25) is 0 Å². The van der Waals surface area contributed by atoms with Crippen molar-refractivity contribution in [3.05, 3.63) is 47.0 Å². The lowest BCUT2D eigenvalue weighted by molar-refractivity contribution is 0.00894. The van der Waals surface area contributed by atoms with E-state index in [1.807, 2.05) is 0 Å². The van der Waals surface area contributed by atoms with Gasteiger partial charge in [-0.3, -0.25) is 4.90 Å². The molecule has 0 amide bonds. The molecule has 2 aliphatic heterocycles. The van der Waals surface area contributed by atoms with Crippen LogP contribution in [0.3, 0.4) is 0 Å². The molecule has 0 spiro atoms. The molecule has 0 N–H and O–H groups in total. The highest BCUT2D eigenvalue weighted by Gasteiger charge is 2.38. The third kappa shape index (κ3) is 2.07. The maximum atomic E-state index is 8.93. The summed E-state index contributed by atoms with van der Waals surface area (Å²) in [4.78, 5) is 2.49. The van der Waals surface area contributed by atoms with Crippen LogP contribution in [0.4, 0.5) is 0 Å². The smallest absolute Gasteiger partial charge is 0.0988 e. The van der Waals surface area contributed by atoms with E-state index in [9.17, 15) is 0 Å². The van der Waals surface area contributed by atoms with E-state index in [-0.39, 0.29) is 12.1 Å². The van der Waals surface area contributed by atoms with E-state index < -0.39 is 0 Å². The first-order valence-corrected chi connectivity index (χ1v) is 6.78. The summed E-state index contributed by atoms with van der Waals surface area (Å²) in [5.74, 6) is 0. The van der Waals surface area contributed by atoms with Gasteiger partial charge in [-0.25, -0.2) is 0 Å². The summed E-state index contributed by atoms with van der Waals surface area (Å²) in [5.41, 5.74) is 3.91. The predicted octanol–water partition coefficient (Wildman–Crippen LogP) is 2.45. The number of methoxy groups -OCH3 is 1. The molecule has 0 bridgehead atoms. The SMILES string of the molecule is COC1C(=CC#N)CCN2CCc3ccccc3C12. The summed E-state index contributed by atoms with van der Waals surface area (Å²) < 4.78 is 5.72. The van der Waals surface area contributed by atoms with Gasteiger partial charge in [0, 0.05) is 26.3 Å². The molecule has 0 radical (unpaired) electrons. The van der Waals surface area contributed by atoms with Crippen molar-refractivity contribution < 1.29 is 4.74 Å². The summed E-state index contributed by atoms with van der Waals surface area (Å²) in [7, 11) is 1.75. The first kappa shape index (κ1) is 12.4. The van der Waals surface area contributed by atoms with Crippen molar-refractivity contribution >= 4 is 0 Å². The van der Waals surface area contributed by atoms with Gasteiger partial charge in [-0.1, -0.05) is 24.3 Å². The third-order valence-electron chi connectivity index (χ3n) is 4.28. The molecule has 19 heavy (non-hydrogen) atoms. The fraction of sp³-hybridized carbons (Fsp3) is 0.438. The van der Waals surface area contributed by atoms with Crippen molar-refractivity contribution in [2.45, 2.75) is 25.0 Å². The molecule has 3 heteroatoms. The molecule has 0 aliphatic carbocycles. The number of nitrogens with zero attached hydrogens (tertiary/aromatic N) is 2. The standard InChI is InChI=1S/C16H18N2O/c1-19-16-13(6-9-17)8-11-18-10-7-12-4-2-3-5-14(12)15(16)18/h2-6,15-16H,7-8,10-11H2,1H3. The molecule has 3 nitrogen and oxygen atoms in total. The fourth-order valence-corrected chi connectivity index (χ4v) is 3.39. The van der Waals surface area contributed by atoms with Crippen LogP contribution in [0.5, 0.6) is 0 Å². The summed E-state index contributed by atoms with van der Waals surface area (Å²) in [6, 6.07) is 11.0. The minimum Gasteiger partial charge on any atom is -0.375 e. The van der Waals surface area contributed by atoms with Crippen molar-refractivity contribution in [2.24, 2.45) is 0 Å². The van der Waals surface area contributed by atoms with Gasteiger partial charge in [-0.15, -0.1) is 0 Å². The molecule has 0 aromatic heterocycles. The second-order valence-corrected chi connectivity index (χ2v) is 5.18. The summed E-state index contributed by atoms with van der Waals surface area (Å²) in [6.45, 7) is 2.10. The zero-order valence-corrected chi connectivity index (χ0v) is 11.2. The van der Waals surface area contributed by atoms with E-state index in [0.29, 0.717) is 0 Å². The minimum absolute atomic E-state index is 0.00912. The van der Waals surface area contributed by atoms with E-state index >= 15 is 0 Å². The molecule has 2 atom stereocenters. The lowest BCUT2D eigenvalue weighted by Gasteiger charge is -2.45. The van der Waals surface area contributed by atoms with Crippen LogP contribution in [0, 0.1) is 11.3 Å². The number of nitriles is 1. The Morgan fingerprint density at radius 3 is 2.89 bits per heavy atom. The minimum atomic E-state index is 0.00912. The molecular formula is C16H18N2O. The Morgan fingerprint density at radius 1 is 1.32 bits per heavy atom. The Labute approximate surface area is 114 Å². The van der Waals surface area contributed by atoms with E-state index in [1.54, 1.807) is 13.2 Å². The van der Waals surface area contributed by atoms with E-state index in [1.165, 1.54) is 11.1 Å². The topological polar surface area (TPSA) is 36.3 Å². The summed E-state index contributed by atoms with van der Waals surface area (Å²) in [5, 5.41) is 8.93. The molecule has 3 rings (SSSR count). The van der Waals surface area contributed by atoms with Gasteiger partial charge < -0.3 is 4.74 Å². The number of ether oxygens (including phenoxy) is 1. The molecule has 1 fully saturated rings. The molecule has 98 valence electrons. The quantitative estimate of drug-likeness (QED) is 0.722. The Bertz CT molecular complexity index is 544. The highest BCUT2D eigenvalue weighted by molar-refractivity contribution is 5.37. The van der Waals surface area contributed by atoms with E-state index in [0.717, 1.165) is 31.5 Å². The van der Waals surface area contributed by atoms with Crippen LogP contribution in [0.15, 0.2) is 35.9 Å². The van der Waals surface area contributed by atoms with Crippen LogP contribution < -0.4 is 0 Å². The number of benzene rings is 1. The van der Waals surface area contributed by atoms with Crippen LogP contribution in [0.1, 0.15) is 23.6 Å². The van der Waals surface area contributed by atoms with E-state index in [4.69, 9.17) is 10.00 Å². The van der Waals surface area contributed by atoms with Crippen LogP contribution in [0.2, 0.25) is 0 Å². The van der Waals surface area contributed by atoms with Crippen molar-refractivity contribution in [1.82, 2.24) is 4.90 Å². The Balaban J connectivity index is 2.04. The van der Waals surface area contributed by atoms with Gasteiger partial charge in [0.15, 0.2) is 0 Å². The zero-order chi connectivity index (χ0) is 13.2. The largest absolute Gasteiger partial charge is 0.375 e. The number of fused-ring (bicyclic) bond motifs is 3. The van der Waals surface area contributed by atoms with Gasteiger partial charge in [0.1, 0.15) is 0 Å². The Morgan fingerprint density at radius 2 is 2.11 bits per heavy atom. The van der Waals surface area contributed by atoms with E-state index in [2.05, 4.69) is 35.2 Å². The highest BCUT2D eigenvalue weighted by Crippen LogP contribution is 2.40. The van der Waals surface area contributed by atoms with Gasteiger partial charge in [0.25, 0.3) is 0 Å². The predicted molar refractivity (Wildman–Crippen MR) is 73.6 cm³/mol. The number of hydrogen-bond donors (Lipinski definition) is 0. The van der Waals surface area contributed by atoms with Gasteiger partial charge in [-0.05, 0) is 29.5 Å². The lowest BCUT2D eigenvalue weighted by Crippen LogP contribution is -2.47. The first-order chi connectivity index (χ1) is 9.35. The number of hydrogen-bond acceptors (Lipinski definition) is 3. The van der Waals surface area contributed by atoms with Crippen LogP contribution in [-0.2, 0) is 11.2 Å². The fourth-order valence-electron chi connectivity index (χ4n) is 3.39. The average Bonchev–Trinajstić information content (AvgIpc) is 2.47. The van der Waals surface area contributed by atoms with Crippen LogP contribution >= 0.6 is 0 Å². The first-order valence-electron chi connectivity index (χ1n) is 6.78. The maximum Gasteiger partial charge on any atom is 0.0988 e. The van der Waals surface area contributed by atoms with Gasteiger partial charge >= 0.3 is 0 Å². The molecular weight excluding hydrogens is 236 g/mol. The highest BCUT2D eigenvalue weighted by atomic mass is 16.5. The average molecular weight is 254 g/mol. The van der Waals surface area contributed by atoms with Gasteiger partial charge in [-0.2, -0.15) is 5.26 Å². The third-order valence-corrected chi connectivity index (χ3v) is 4.28.